The van der Waals surface area contributed by atoms with E-state index in [1.807, 2.05) is 13.8 Å². The third-order valence-corrected chi connectivity index (χ3v) is 10.1. The summed E-state index contributed by atoms with van der Waals surface area (Å²) in [6, 6.07) is -1.18. The first-order valence-corrected chi connectivity index (χ1v) is 14.9. The van der Waals surface area contributed by atoms with E-state index in [-0.39, 0.29) is 51.5 Å². The molecule has 11 nitrogen and oxygen atoms in total. The number of hydrogen-bond donors (Lipinski definition) is 6. The maximum Gasteiger partial charge on any atom is 0.217 e. The Morgan fingerprint density at radius 3 is 2.44 bits per heavy atom. The molecule has 12 heteroatoms. The quantitative estimate of drug-likeness (QED) is 0.167. The molecular formula is C31H44ClNO10. The molecule has 1 aromatic rings. The van der Waals surface area contributed by atoms with Crippen LogP contribution in [0.15, 0.2) is 11.6 Å². The van der Waals surface area contributed by atoms with Gasteiger partial charge in [-0.25, -0.2) is 0 Å². The van der Waals surface area contributed by atoms with Crippen LogP contribution in [0.2, 0.25) is 5.02 Å². The van der Waals surface area contributed by atoms with Gasteiger partial charge >= 0.3 is 0 Å². The number of rotatable bonds is 10. The summed E-state index contributed by atoms with van der Waals surface area (Å²) in [5.41, 5.74) is 0.328. The molecule has 6 N–H and O–H groups in total. The topological polar surface area (TPSA) is 183 Å². The number of aliphatic hydroxyl groups is 3. The van der Waals surface area contributed by atoms with E-state index in [4.69, 9.17) is 21.1 Å². The van der Waals surface area contributed by atoms with Crippen molar-refractivity contribution in [1.29, 1.82) is 0 Å². The lowest BCUT2D eigenvalue weighted by molar-refractivity contribution is -0.281. The molecule has 43 heavy (non-hydrogen) atoms. The normalized spacial score (nSPS) is 32.4. The number of phenolic OH excluding ortho intramolecular Hbond substituents is 2. The zero-order chi connectivity index (χ0) is 32.4. The third kappa shape index (κ3) is 7.08. The van der Waals surface area contributed by atoms with Crippen molar-refractivity contribution in [3.63, 3.8) is 0 Å². The van der Waals surface area contributed by atoms with Gasteiger partial charge in [-0.1, -0.05) is 38.4 Å². The highest BCUT2D eigenvalue weighted by molar-refractivity contribution is 6.33. The van der Waals surface area contributed by atoms with Crippen LogP contribution < -0.4 is 5.32 Å². The largest absolute Gasteiger partial charge is 0.507 e. The van der Waals surface area contributed by atoms with Gasteiger partial charge in [-0.15, -0.1) is 0 Å². The Morgan fingerprint density at radius 1 is 1.21 bits per heavy atom. The van der Waals surface area contributed by atoms with Crippen molar-refractivity contribution in [2.45, 2.75) is 104 Å². The SMILES string of the molecule is CC(=O)N[C@@H]1[C@H](OC(C[C@@]2(C)[C@H](C)CCC(=O)[C@@H]2C)/C(C)=C/Cc2c(O)c(Cl)c(C)c(C=O)c2O)O[C@@H](CO)[C@H](O)[C@H]1O. The number of hydrogen-bond acceptors (Lipinski definition) is 10. The standard InChI is InChI=1S/C31H44ClNO10/c1-14(7-9-19-26(38)20(12-34)16(3)24(32)27(19)39)22(11-31(6)15(2)8-10-21(37)17(31)4)42-30-25(33-18(5)36)29(41)28(40)23(13-35)43-30/h7,12,15,17,22-23,25,28-30,35,38-41H,8-11,13H2,1-6H3,(H,33,36)/b14-7+/t15-,17+,22?,23+,25+,28+,29+,30-,31+/m1/s1. The molecular weight excluding hydrogens is 582 g/mol. The summed E-state index contributed by atoms with van der Waals surface area (Å²) in [4.78, 5) is 36.4. The van der Waals surface area contributed by atoms with Crippen LogP contribution in [-0.4, -0.2) is 86.9 Å². The number of carbonyl (C=O) groups is 3. The summed E-state index contributed by atoms with van der Waals surface area (Å²) < 4.78 is 12.3. The van der Waals surface area contributed by atoms with Crippen LogP contribution in [0.1, 0.15) is 75.4 Å². The van der Waals surface area contributed by atoms with Crippen LogP contribution in [0.5, 0.6) is 11.5 Å². The van der Waals surface area contributed by atoms with Gasteiger partial charge in [0, 0.05) is 24.8 Å². The van der Waals surface area contributed by atoms with Crippen LogP contribution in [0.3, 0.4) is 0 Å². The number of aliphatic hydroxyl groups excluding tert-OH is 3. The second kappa shape index (κ2) is 14.0. The molecule has 1 unspecified atom stereocenters. The fraction of sp³-hybridized carbons (Fsp3) is 0.645. The van der Waals surface area contributed by atoms with Crippen molar-refractivity contribution < 1.29 is 49.4 Å². The van der Waals surface area contributed by atoms with E-state index >= 15 is 0 Å². The minimum absolute atomic E-state index is 0.0355. The number of nitrogens with one attached hydrogen (secondary N) is 1. The Morgan fingerprint density at radius 2 is 1.86 bits per heavy atom. The van der Waals surface area contributed by atoms with Gasteiger partial charge in [0.25, 0.3) is 0 Å². The molecule has 240 valence electrons. The summed E-state index contributed by atoms with van der Waals surface area (Å²) in [7, 11) is 0. The van der Waals surface area contributed by atoms with Gasteiger partial charge in [0.1, 0.15) is 41.6 Å². The number of aldehydes is 1. The Balaban J connectivity index is 2.06. The molecule has 1 saturated carbocycles. The molecule has 1 saturated heterocycles. The molecule has 9 atom stereocenters. The number of aromatic hydroxyl groups is 2. The second-order valence-corrected chi connectivity index (χ2v) is 12.6. The van der Waals surface area contributed by atoms with Crippen LogP contribution >= 0.6 is 11.6 Å². The second-order valence-electron chi connectivity index (χ2n) is 12.2. The van der Waals surface area contributed by atoms with Crippen molar-refractivity contribution in [2.24, 2.45) is 17.3 Å². The highest BCUT2D eigenvalue weighted by atomic mass is 35.5. The molecule has 0 aromatic heterocycles. The summed E-state index contributed by atoms with van der Waals surface area (Å²) in [6.45, 7) is 9.87. The number of ether oxygens (including phenoxy) is 2. The summed E-state index contributed by atoms with van der Waals surface area (Å²) in [6.07, 6.45) is -2.66. The van der Waals surface area contributed by atoms with Gasteiger partial charge in [0.2, 0.25) is 5.91 Å². The fourth-order valence-electron chi connectivity index (χ4n) is 6.15. The molecule has 1 aliphatic heterocycles. The van der Waals surface area contributed by atoms with Crippen molar-refractivity contribution in [2.75, 3.05) is 6.61 Å². The lowest BCUT2D eigenvalue weighted by Crippen LogP contribution is -2.65. The Hall–Kier alpha value is -2.54. The predicted octanol–water partition coefficient (Wildman–Crippen LogP) is 2.72. The highest BCUT2D eigenvalue weighted by Gasteiger charge is 2.49. The third-order valence-electron chi connectivity index (χ3n) is 9.62. The van der Waals surface area contributed by atoms with E-state index in [9.17, 15) is 39.9 Å². The fourth-order valence-corrected chi connectivity index (χ4v) is 6.37. The maximum atomic E-state index is 12.8. The minimum Gasteiger partial charge on any atom is -0.507 e. The zero-order valence-electron chi connectivity index (χ0n) is 25.5. The number of phenols is 2. The van der Waals surface area contributed by atoms with Crippen LogP contribution in [0, 0.1) is 24.2 Å². The zero-order valence-corrected chi connectivity index (χ0v) is 26.2. The van der Waals surface area contributed by atoms with Gasteiger partial charge in [0.05, 0.1) is 23.3 Å². The van der Waals surface area contributed by atoms with Gasteiger partial charge in [-0.05, 0) is 55.6 Å². The predicted molar refractivity (Wildman–Crippen MR) is 158 cm³/mol. The molecule has 1 aromatic carbocycles. The molecule has 2 fully saturated rings. The van der Waals surface area contributed by atoms with Crippen molar-refractivity contribution in [3.05, 3.63) is 33.4 Å². The lowest BCUT2D eigenvalue weighted by Gasteiger charge is -2.48. The van der Waals surface area contributed by atoms with Crippen LogP contribution in [0.25, 0.3) is 0 Å². The van der Waals surface area contributed by atoms with E-state index < -0.39 is 60.4 Å². The van der Waals surface area contributed by atoms with Gasteiger partial charge in [-0.3, -0.25) is 14.4 Å². The first kappa shape index (κ1) is 34.9. The smallest absolute Gasteiger partial charge is 0.217 e. The Kier molecular flexibility index (Phi) is 11.4. The van der Waals surface area contributed by atoms with Gasteiger partial charge in [-0.2, -0.15) is 0 Å². The molecule has 3 rings (SSSR count). The maximum absolute atomic E-state index is 12.8. The van der Waals surface area contributed by atoms with Crippen molar-refractivity contribution in [1.82, 2.24) is 5.32 Å². The molecule has 0 radical (unpaired) electrons. The summed E-state index contributed by atoms with van der Waals surface area (Å²) in [5, 5.41) is 55.0. The molecule has 0 spiro atoms. The van der Waals surface area contributed by atoms with E-state index in [1.54, 1.807) is 13.0 Å². The average Bonchev–Trinajstić information content (AvgIpc) is 2.96. The van der Waals surface area contributed by atoms with E-state index in [0.29, 0.717) is 31.1 Å². The molecule has 1 amide bonds. The van der Waals surface area contributed by atoms with Crippen LogP contribution in [0.4, 0.5) is 0 Å². The highest BCUT2D eigenvalue weighted by Crippen LogP contribution is 2.48. The summed E-state index contributed by atoms with van der Waals surface area (Å²) in [5.74, 6) is -1.29. The molecule has 2 aliphatic rings. The molecule has 0 bridgehead atoms. The van der Waals surface area contributed by atoms with Gasteiger partial charge in [0.15, 0.2) is 12.6 Å². The number of allylic oxidation sites excluding steroid dienone is 1. The molecule has 1 aliphatic carbocycles. The lowest BCUT2D eigenvalue weighted by atomic mass is 9.59. The minimum atomic E-state index is -1.51. The van der Waals surface area contributed by atoms with Crippen molar-refractivity contribution >= 4 is 29.6 Å². The molecule has 1 heterocycles. The average molecular weight is 626 g/mol. The first-order valence-electron chi connectivity index (χ1n) is 14.5. The Bertz CT molecular complexity index is 1250. The monoisotopic (exact) mass is 625 g/mol. The number of halogens is 1. The van der Waals surface area contributed by atoms with E-state index in [0.717, 1.165) is 0 Å². The van der Waals surface area contributed by atoms with Gasteiger partial charge < -0.3 is 40.3 Å². The van der Waals surface area contributed by atoms with E-state index in [1.165, 1.54) is 13.8 Å². The number of amides is 1. The number of ketones is 1. The van der Waals surface area contributed by atoms with Crippen molar-refractivity contribution in [3.8, 4) is 11.5 Å². The van der Waals surface area contributed by atoms with E-state index in [2.05, 4.69) is 12.2 Å². The van der Waals surface area contributed by atoms with Crippen LogP contribution in [-0.2, 0) is 25.5 Å². The number of carbonyl (C=O) groups excluding carboxylic acids is 3. The first-order chi connectivity index (χ1) is 20.1. The number of benzene rings is 1. The Labute approximate surface area is 256 Å². The number of Topliss-reactive ketones (excluding diaryl/α,β-unsaturated/α-hetero) is 1. The summed E-state index contributed by atoms with van der Waals surface area (Å²) >= 11 is 6.24.